The Labute approximate surface area is 104 Å². The van der Waals surface area contributed by atoms with Gasteiger partial charge in [-0.3, -0.25) is 0 Å². The summed E-state index contributed by atoms with van der Waals surface area (Å²) in [5.74, 6) is 1.93. The Morgan fingerprint density at radius 2 is 2.24 bits per heavy atom. The quantitative estimate of drug-likeness (QED) is 0.542. The summed E-state index contributed by atoms with van der Waals surface area (Å²) in [6.07, 6.45) is 2.26. The standard InChI is InChI=1S/C10H14ClN5O/c11-7-5-8(13-3-4-14-10(12)17)16-9(15-7)6-1-2-6/h5-6H,1-4H2,(H3,12,14,17)(H,13,15,16). The number of nitrogens with two attached hydrogens (primary N) is 1. The van der Waals surface area contributed by atoms with E-state index in [4.69, 9.17) is 17.3 Å². The minimum Gasteiger partial charge on any atom is -0.368 e. The fraction of sp³-hybridized carbons (Fsp3) is 0.500. The van der Waals surface area contributed by atoms with E-state index in [1.165, 1.54) is 0 Å². The predicted octanol–water partition coefficient (Wildman–Crippen LogP) is 1.09. The average Bonchev–Trinajstić information content (AvgIpc) is 3.07. The van der Waals surface area contributed by atoms with Gasteiger partial charge in [0.25, 0.3) is 0 Å². The molecule has 2 rings (SSSR count). The Morgan fingerprint density at radius 3 is 2.88 bits per heavy atom. The van der Waals surface area contributed by atoms with Crippen LogP contribution in [-0.2, 0) is 0 Å². The number of urea groups is 1. The molecule has 1 saturated carbocycles. The Bertz CT molecular complexity index is 421. The molecule has 0 aromatic carbocycles. The molecule has 92 valence electrons. The summed E-state index contributed by atoms with van der Waals surface area (Å²) in [5, 5.41) is 5.98. The highest BCUT2D eigenvalue weighted by Gasteiger charge is 2.27. The Kier molecular flexibility index (Phi) is 3.63. The number of hydrogen-bond donors (Lipinski definition) is 3. The molecule has 0 aliphatic heterocycles. The van der Waals surface area contributed by atoms with E-state index in [0.29, 0.717) is 30.0 Å². The lowest BCUT2D eigenvalue weighted by atomic mass is 10.4. The number of carbonyl (C=O) groups excluding carboxylic acids is 1. The summed E-state index contributed by atoms with van der Waals surface area (Å²) in [6, 6.07) is 1.13. The summed E-state index contributed by atoms with van der Waals surface area (Å²) in [5.41, 5.74) is 4.94. The highest BCUT2D eigenvalue weighted by atomic mass is 35.5. The topological polar surface area (TPSA) is 92.9 Å². The molecular formula is C10H14ClN5O. The highest BCUT2D eigenvalue weighted by molar-refractivity contribution is 6.29. The molecule has 2 amide bonds. The molecule has 1 aromatic rings. The first kappa shape index (κ1) is 11.9. The van der Waals surface area contributed by atoms with Gasteiger partial charge in [0.2, 0.25) is 0 Å². The maximum absolute atomic E-state index is 10.5. The zero-order chi connectivity index (χ0) is 12.3. The first-order valence-corrected chi connectivity index (χ1v) is 5.84. The zero-order valence-corrected chi connectivity index (χ0v) is 10.00. The van der Waals surface area contributed by atoms with Crippen LogP contribution in [0.5, 0.6) is 0 Å². The van der Waals surface area contributed by atoms with Crippen LogP contribution < -0.4 is 16.4 Å². The lowest BCUT2D eigenvalue weighted by molar-refractivity contribution is 0.249. The molecule has 0 bridgehead atoms. The van der Waals surface area contributed by atoms with Crippen LogP contribution in [0.4, 0.5) is 10.6 Å². The molecule has 4 N–H and O–H groups in total. The first-order chi connectivity index (χ1) is 8.15. The molecule has 1 heterocycles. The minimum atomic E-state index is -0.536. The van der Waals surface area contributed by atoms with Gasteiger partial charge in [0.1, 0.15) is 16.8 Å². The number of aromatic nitrogens is 2. The molecule has 1 fully saturated rings. The van der Waals surface area contributed by atoms with Gasteiger partial charge in [0, 0.05) is 25.1 Å². The molecule has 1 aliphatic rings. The van der Waals surface area contributed by atoms with Crippen molar-refractivity contribution in [2.45, 2.75) is 18.8 Å². The largest absolute Gasteiger partial charge is 0.368 e. The van der Waals surface area contributed by atoms with Crippen molar-refractivity contribution in [1.29, 1.82) is 0 Å². The van der Waals surface area contributed by atoms with E-state index in [2.05, 4.69) is 20.6 Å². The van der Waals surface area contributed by atoms with Crippen LogP contribution in [-0.4, -0.2) is 29.1 Å². The maximum Gasteiger partial charge on any atom is 0.312 e. The number of nitrogens with zero attached hydrogens (tertiary/aromatic N) is 2. The van der Waals surface area contributed by atoms with E-state index in [9.17, 15) is 4.79 Å². The second-order valence-corrected chi connectivity index (χ2v) is 4.31. The van der Waals surface area contributed by atoms with Crippen molar-refractivity contribution >= 4 is 23.4 Å². The lowest BCUT2D eigenvalue weighted by Crippen LogP contribution is -2.33. The van der Waals surface area contributed by atoms with Gasteiger partial charge in [-0.2, -0.15) is 0 Å². The van der Waals surface area contributed by atoms with Crippen LogP contribution in [0.25, 0.3) is 0 Å². The van der Waals surface area contributed by atoms with Crippen molar-refractivity contribution < 1.29 is 4.79 Å². The van der Waals surface area contributed by atoms with Gasteiger partial charge in [-0.25, -0.2) is 14.8 Å². The highest BCUT2D eigenvalue weighted by Crippen LogP contribution is 2.38. The fourth-order valence-electron chi connectivity index (χ4n) is 1.43. The fourth-order valence-corrected chi connectivity index (χ4v) is 1.62. The van der Waals surface area contributed by atoms with Crippen LogP contribution in [0, 0.1) is 0 Å². The second kappa shape index (κ2) is 5.18. The van der Waals surface area contributed by atoms with Crippen LogP contribution in [0.3, 0.4) is 0 Å². The number of rotatable bonds is 5. The monoisotopic (exact) mass is 255 g/mol. The predicted molar refractivity (Wildman–Crippen MR) is 65.1 cm³/mol. The average molecular weight is 256 g/mol. The van der Waals surface area contributed by atoms with E-state index in [-0.39, 0.29) is 0 Å². The number of nitrogens with one attached hydrogen (secondary N) is 2. The third-order valence-corrected chi connectivity index (χ3v) is 2.58. The molecule has 6 nitrogen and oxygen atoms in total. The summed E-state index contributed by atoms with van der Waals surface area (Å²) in [7, 11) is 0. The molecule has 0 radical (unpaired) electrons. The molecule has 1 aromatic heterocycles. The van der Waals surface area contributed by atoms with Crippen molar-refractivity contribution in [1.82, 2.24) is 15.3 Å². The summed E-state index contributed by atoms with van der Waals surface area (Å²) in [6.45, 7) is 0.982. The smallest absolute Gasteiger partial charge is 0.312 e. The summed E-state index contributed by atoms with van der Waals surface area (Å²) < 4.78 is 0. The third kappa shape index (κ3) is 3.74. The Morgan fingerprint density at radius 1 is 1.47 bits per heavy atom. The van der Waals surface area contributed by atoms with E-state index >= 15 is 0 Å². The second-order valence-electron chi connectivity index (χ2n) is 3.93. The Balaban J connectivity index is 1.89. The van der Waals surface area contributed by atoms with Crippen molar-refractivity contribution in [3.05, 3.63) is 17.0 Å². The third-order valence-electron chi connectivity index (χ3n) is 2.39. The van der Waals surface area contributed by atoms with Crippen molar-refractivity contribution in [3.8, 4) is 0 Å². The van der Waals surface area contributed by atoms with Crippen LogP contribution in [0.2, 0.25) is 5.15 Å². The molecule has 17 heavy (non-hydrogen) atoms. The zero-order valence-electron chi connectivity index (χ0n) is 9.24. The van der Waals surface area contributed by atoms with Crippen LogP contribution >= 0.6 is 11.6 Å². The van der Waals surface area contributed by atoms with Crippen LogP contribution in [0.1, 0.15) is 24.6 Å². The first-order valence-electron chi connectivity index (χ1n) is 5.47. The molecule has 1 aliphatic carbocycles. The van der Waals surface area contributed by atoms with Crippen LogP contribution in [0.15, 0.2) is 6.07 Å². The van der Waals surface area contributed by atoms with Gasteiger partial charge < -0.3 is 16.4 Å². The number of anilines is 1. The van der Waals surface area contributed by atoms with Crippen molar-refractivity contribution in [2.75, 3.05) is 18.4 Å². The number of halogens is 1. The number of hydrogen-bond acceptors (Lipinski definition) is 4. The van der Waals surface area contributed by atoms with E-state index in [1.807, 2.05) is 0 Å². The van der Waals surface area contributed by atoms with E-state index < -0.39 is 6.03 Å². The molecular weight excluding hydrogens is 242 g/mol. The van der Waals surface area contributed by atoms with Gasteiger partial charge in [-0.05, 0) is 12.8 Å². The summed E-state index contributed by atoms with van der Waals surface area (Å²) >= 11 is 5.90. The van der Waals surface area contributed by atoms with Gasteiger partial charge in [0.05, 0.1) is 0 Å². The maximum atomic E-state index is 10.5. The van der Waals surface area contributed by atoms with Gasteiger partial charge >= 0.3 is 6.03 Å². The molecule has 0 atom stereocenters. The van der Waals surface area contributed by atoms with Gasteiger partial charge in [-0.1, -0.05) is 11.6 Å². The van der Waals surface area contributed by atoms with Gasteiger partial charge in [-0.15, -0.1) is 0 Å². The molecule has 0 spiro atoms. The Hall–Kier alpha value is -1.56. The summed E-state index contributed by atoms with van der Waals surface area (Å²) in [4.78, 5) is 19.0. The van der Waals surface area contributed by atoms with Gasteiger partial charge in [0.15, 0.2) is 0 Å². The van der Waals surface area contributed by atoms with E-state index in [1.54, 1.807) is 6.07 Å². The number of amides is 2. The molecule has 7 heteroatoms. The molecule has 0 saturated heterocycles. The molecule has 0 unspecified atom stereocenters. The SMILES string of the molecule is NC(=O)NCCNc1cc(Cl)nc(C2CC2)n1. The normalized spacial score (nSPS) is 14.4. The number of carbonyl (C=O) groups is 1. The van der Waals surface area contributed by atoms with Crippen molar-refractivity contribution in [3.63, 3.8) is 0 Å². The number of primary amides is 1. The lowest BCUT2D eigenvalue weighted by Gasteiger charge is -2.07. The minimum absolute atomic E-state index is 0.437. The van der Waals surface area contributed by atoms with E-state index in [0.717, 1.165) is 18.7 Å². The van der Waals surface area contributed by atoms with Crippen molar-refractivity contribution in [2.24, 2.45) is 5.73 Å².